The number of carboxylic acid groups (broad SMARTS) is 1. The van der Waals surface area contributed by atoms with Gasteiger partial charge in [-0.25, -0.2) is 0 Å². The Hall–Kier alpha value is -0.610. The van der Waals surface area contributed by atoms with Crippen molar-refractivity contribution >= 4 is 5.97 Å². The summed E-state index contributed by atoms with van der Waals surface area (Å²) in [4.78, 5) is 10.6. The molecule has 0 heterocycles. The van der Waals surface area contributed by atoms with Gasteiger partial charge in [-0.3, -0.25) is 4.79 Å². The van der Waals surface area contributed by atoms with Gasteiger partial charge in [-0.05, 0) is 18.8 Å². The fourth-order valence-corrected chi connectivity index (χ4v) is 1.64. The molecular weight excluding hydrogens is 192 g/mol. The standard InChI is InChI=1S/C11H24N2O2/c1-3-4-5-6-9(12)7-8(2)10(13)11(14)15/h8-10H,3-7,12-13H2,1-2H3,(H,14,15)/t8-,9?,10-/m0/s1. The zero-order chi connectivity index (χ0) is 11.8. The zero-order valence-electron chi connectivity index (χ0n) is 9.78. The van der Waals surface area contributed by atoms with Crippen LogP contribution < -0.4 is 11.5 Å². The van der Waals surface area contributed by atoms with Crippen LogP contribution in [0.15, 0.2) is 0 Å². The molecule has 15 heavy (non-hydrogen) atoms. The van der Waals surface area contributed by atoms with Gasteiger partial charge in [-0.1, -0.05) is 33.1 Å². The van der Waals surface area contributed by atoms with Crippen molar-refractivity contribution in [3.05, 3.63) is 0 Å². The SMILES string of the molecule is CCCCCC(N)C[C@H](C)[C@H](N)C(=O)O. The average molecular weight is 216 g/mol. The number of hydrogen-bond acceptors (Lipinski definition) is 3. The Balaban J connectivity index is 3.75. The Labute approximate surface area is 92.0 Å². The number of nitrogens with two attached hydrogens (primary N) is 2. The number of unbranched alkanes of at least 4 members (excludes halogenated alkanes) is 2. The summed E-state index contributed by atoms with van der Waals surface area (Å²) in [7, 11) is 0. The lowest BCUT2D eigenvalue weighted by Crippen LogP contribution is -2.39. The summed E-state index contributed by atoms with van der Waals surface area (Å²) < 4.78 is 0. The molecule has 0 aliphatic carbocycles. The van der Waals surface area contributed by atoms with Gasteiger partial charge in [0, 0.05) is 6.04 Å². The minimum absolute atomic E-state index is 0.0564. The van der Waals surface area contributed by atoms with Gasteiger partial charge in [0.15, 0.2) is 0 Å². The first-order valence-electron chi connectivity index (χ1n) is 5.73. The Morgan fingerprint density at radius 1 is 1.33 bits per heavy atom. The van der Waals surface area contributed by atoms with Crippen molar-refractivity contribution in [1.29, 1.82) is 0 Å². The summed E-state index contributed by atoms with van der Waals surface area (Å²) in [5, 5.41) is 8.71. The van der Waals surface area contributed by atoms with Crippen molar-refractivity contribution in [2.24, 2.45) is 17.4 Å². The van der Waals surface area contributed by atoms with E-state index in [0.29, 0.717) is 6.42 Å². The highest BCUT2D eigenvalue weighted by molar-refractivity contribution is 5.73. The van der Waals surface area contributed by atoms with Crippen LogP contribution in [-0.2, 0) is 4.79 Å². The van der Waals surface area contributed by atoms with E-state index in [9.17, 15) is 4.79 Å². The van der Waals surface area contributed by atoms with E-state index in [1.165, 1.54) is 12.8 Å². The molecule has 0 amide bonds. The van der Waals surface area contributed by atoms with E-state index in [4.69, 9.17) is 16.6 Å². The maximum absolute atomic E-state index is 10.6. The van der Waals surface area contributed by atoms with Crippen molar-refractivity contribution in [3.8, 4) is 0 Å². The van der Waals surface area contributed by atoms with Crippen molar-refractivity contribution in [1.82, 2.24) is 0 Å². The van der Waals surface area contributed by atoms with Crippen molar-refractivity contribution in [2.75, 3.05) is 0 Å². The number of aliphatic carboxylic acids is 1. The van der Waals surface area contributed by atoms with E-state index < -0.39 is 12.0 Å². The van der Waals surface area contributed by atoms with Gasteiger partial charge in [0.25, 0.3) is 0 Å². The number of hydrogen-bond donors (Lipinski definition) is 3. The van der Waals surface area contributed by atoms with E-state index in [1.807, 2.05) is 6.92 Å². The molecule has 0 aromatic carbocycles. The third-order valence-corrected chi connectivity index (χ3v) is 2.75. The van der Waals surface area contributed by atoms with Crippen LogP contribution in [0.25, 0.3) is 0 Å². The van der Waals surface area contributed by atoms with Crippen molar-refractivity contribution in [3.63, 3.8) is 0 Å². The van der Waals surface area contributed by atoms with E-state index in [-0.39, 0.29) is 12.0 Å². The van der Waals surface area contributed by atoms with Gasteiger partial charge >= 0.3 is 5.97 Å². The molecular formula is C11H24N2O2. The summed E-state index contributed by atoms with van der Waals surface area (Å²) >= 11 is 0. The molecule has 0 aliphatic heterocycles. The average Bonchev–Trinajstić information content (AvgIpc) is 2.16. The predicted octanol–water partition coefficient (Wildman–Crippen LogP) is 1.33. The summed E-state index contributed by atoms with van der Waals surface area (Å²) in [6.45, 7) is 3.99. The quantitative estimate of drug-likeness (QED) is 0.534. The lowest BCUT2D eigenvalue weighted by Gasteiger charge is -2.20. The summed E-state index contributed by atoms with van der Waals surface area (Å²) in [5.74, 6) is -0.998. The Kier molecular flexibility index (Phi) is 7.34. The van der Waals surface area contributed by atoms with Gasteiger partial charge in [0.2, 0.25) is 0 Å². The smallest absolute Gasteiger partial charge is 0.320 e. The molecule has 4 heteroatoms. The van der Waals surface area contributed by atoms with Crippen LogP contribution in [0, 0.1) is 5.92 Å². The molecule has 5 N–H and O–H groups in total. The molecule has 0 saturated carbocycles. The molecule has 0 radical (unpaired) electrons. The summed E-state index contributed by atoms with van der Waals surface area (Å²) in [6.07, 6.45) is 5.14. The van der Waals surface area contributed by atoms with Gasteiger partial charge < -0.3 is 16.6 Å². The lowest BCUT2D eigenvalue weighted by atomic mass is 9.92. The first kappa shape index (κ1) is 14.4. The third-order valence-electron chi connectivity index (χ3n) is 2.75. The molecule has 3 atom stereocenters. The fraction of sp³-hybridized carbons (Fsp3) is 0.909. The first-order valence-corrected chi connectivity index (χ1v) is 5.73. The maximum atomic E-state index is 10.6. The number of rotatable bonds is 8. The molecule has 0 fully saturated rings. The Morgan fingerprint density at radius 2 is 1.93 bits per heavy atom. The van der Waals surface area contributed by atoms with Crippen molar-refractivity contribution in [2.45, 2.75) is 58.0 Å². The minimum Gasteiger partial charge on any atom is -0.480 e. The second kappa shape index (κ2) is 7.65. The third kappa shape index (κ3) is 6.47. The van der Waals surface area contributed by atoms with E-state index in [2.05, 4.69) is 6.92 Å². The maximum Gasteiger partial charge on any atom is 0.320 e. The number of carboxylic acids is 1. The van der Waals surface area contributed by atoms with Gasteiger partial charge in [-0.2, -0.15) is 0 Å². The van der Waals surface area contributed by atoms with Crippen LogP contribution in [0.2, 0.25) is 0 Å². The highest BCUT2D eigenvalue weighted by atomic mass is 16.4. The predicted molar refractivity (Wildman–Crippen MR) is 61.5 cm³/mol. The van der Waals surface area contributed by atoms with E-state index in [0.717, 1.165) is 12.8 Å². The molecule has 0 aromatic heterocycles. The van der Waals surface area contributed by atoms with Crippen LogP contribution in [0.3, 0.4) is 0 Å². The highest BCUT2D eigenvalue weighted by Crippen LogP contribution is 2.13. The van der Waals surface area contributed by atoms with Gasteiger partial charge in [-0.15, -0.1) is 0 Å². The number of carbonyl (C=O) groups is 1. The Morgan fingerprint density at radius 3 is 2.40 bits per heavy atom. The van der Waals surface area contributed by atoms with E-state index in [1.54, 1.807) is 0 Å². The second-order valence-electron chi connectivity index (χ2n) is 4.33. The Bertz CT molecular complexity index is 185. The molecule has 90 valence electrons. The molecule has 4 nitrogen and oxygen atoms in total. The topological polar surface area (TPSA) is 89.3 Å². The fourth-order valence-electron chi connectivity index (χ4n) is 1.64. The minimum atomic E-state index is -0.941. The van der Waals surface area contributed by atoms with Crippen LogP contribution in [-0.4, -0.2) is 23.2 Å². The molecule has 0 rings (SSSR count). The van der Waals surface area contributed by atoms with Crippen LogP contribution in [0.1, 0.15) is 46.0 Å². The lowest BCUT2D eigenvalue weighted by molar-refractivity contribution is -0.139. The van der Waals surface area contributed by atoms with Gasteiger partial charge in [0.1, 0.15) is 6.04 Å². The second-order valence-corrected chi connectivity index (χ2v) is 4.33. The summed E-state index contributed by atoms with van der Waals surface area (Å²) in [6, 6.07) is -0.709. The summed E-state index contributed by atoms with van der Waals surface area (Å²) in [5.41, 5.74) is 11.4. The monoisotopic (exact) mass is 216 g/mol. The normalized spacial score (nSPS) is 17.1. The molecule has 0 saturated heterocycles. The van der Waals surface area contributed by atoms with E-state index >= 15 is 0 Å². The highest BCUT2D eigenvalue weighted by Gasteiger charge is 2.21. The molecule has 0 aromatic rings. The molecule has 1 unspecified atom stereocenters. The van der Waals surface area contributed by atoms with Crippen LogP contribution >= 0.6 is 0 Å². The first-order chi connectivity index (χ1) is 6.99. The van der Waals surface area contributed by atoms with Gasteiger partial charge in [0.05, 0.1) is 0 Å². The zero-order valence-corrected chi connectivity index (χ0v) is 9.78. The largest absolute Gasteiger partial charge is 0.480 e. The van der Waals surface area contributed by atoms with Crippen molar-refractivity contribution < 1.29 is 9.90 Å². The molecule has 0 aliphatic rings. The molecule has 0 bridgehead atoms. The van der Waals surface area contributed by atoms with Crippen LogP contribution in [0.5, 0.6) is 0 Å². The van der Waals surface area contributed by atoms with Crippen LogP contribution in [0.4, 0.5) is 0 Å². The molecule has 0 spiro atoms.